The number of hydrogen-bond donors (Lipinski definition) is 1. The molecule has 0 fully saturated rings. The molecular formula is C15H9Cl3FNO3S. The van der Waals surface area contributed by atoms with Crippen LogP contribution >= 0.6 is 34.8 Å². The van der Waals surface area contributed by atoms with Gasteiger partial charge in [-0.2, -0.15) is 0 Å². The predicted octanol–water partition coefficient (Wildman–Crippen LogP) is 4.29. The summed E-state index contributed by atoms with van der Waals surface area (Å²) in [5, 5.41) is 1.74. The molecule has 0 heterocycles. The summed E-state index contributed by atoms with van der Waals surface area (Å²) in [6.07, 6.45) is 0. The van der Waals surface area contributed by atoms with Gasteiger partial charge in [0.25, 0.3) is 5.91 Å². The molecule has 2 aromatic rings. The first-order valence-corrected chi connectivity index (χ1v) is 8.96. The van der Waals surface area contributed by atoms with Crippen molar-refractivity contribution in [3.05, 3.63) is 74.5 Å². The molecule has 0 radical (unpaired) electrons. The zero-order valence-corrected chi connectivity index (χ0v) is 14.8. The molecular weight excluding hydrogens is 400 g/mol. The Morgan fingerprint density at radius 3 is 2.21 bits per heavy atom. The smallest absolute Gasteiger partial charge is 0.256 e. The van der Waals surface area contributed by atoms with Crippen LogP contribution in [0, 0.1) is 5.82 Å². The lowest BCUT2D eigenvalue weighted by Gasteiger charge is -2.11. The van der Waals surface area contributed by atoms with Gasteiger partial charge in [0, 0.05) is 10.6 Å². The first-order valence-electron chi connectivity index (χ1n) is 6.34. The zero-order valence-electron chi connectivity index (χ0n) is 11.8. The van der Waals surface area contributed by atoms with Gasteiger partial charge in [0.05, 0.1) is 4.90 Å². The van der Waals surface area contributed by atoms with Gasteiger partial charge >= 0.3 is 0 Å². The molecule has 2 aromatic carbocycles. The average molecular weight is 409 g/mol. The SMILES string of the molecule is O=C(NC(=C(Cl)Cl)S(=O)(=O)c1ccc(F)cc1)c1cccc(Cl)c1. The van der Waals surface area contributed by atoms with Crippen molar-refractivity contribution in [2.75, 3.05) is 0 Å². The highest BCUT2D eigenvalue weighted by atomic mass is 35.5. The summed E-state index contributed by atoms with van der Waals surface area (Å²) in [6, 6.07) is 9.86. The molecule has 1 N–H and O–H groups in total. The molecule has 0 unspecified atom stereocenters. The zero-order chi connectivity index (χ0) is 17.9. The summed E-state index contributed by atoms with van der Waals surface area (Å²) in [5.41, 5.74) is 0.115. The minimum absolute atomic E-state index is 0.115. The molecule has 126 valence electrons. The topological polar surface area (TPSA) is 63.2 Å². The van der Waals surface area contributed by atoms with Gasteiger partial charge in [-0.3, -0.25) is 4.79 Å². The van der Waals surface area contributed by atoms with E-state index in [0.717, 1.165) is 24.3 Å². The standard InChI is InChI=1S/C15H9Cl3FNO3S/c16-10-3-1-2-9(8-10)14(21)20-15(13(17)18)24(22,23)12-6-4-11(19)5-7-12/h1-8H,(H,20,21). The van der Waals surface area contributed by atoms with Crippen molar-refractivity contribution in [3.8, 4) is 0 Å². The predicted molar refractivity (Wildman–Crippen MR) is 91.2 cm³/mol. The molecule has 0 aliphatic heterocycles. The Balaban J connectivity index is 2.39. The van der Waals surface area contributed by atoms with Gasteiger partial charge in [0.15, 0.2) is 5.03 Å². The van der Waals surface area contributed by atoms with Crippen molar-refractivity contribution < 1.29 is 17.6 Å². The van der Waals surface area contributed by atoms with Crippen LogP contribution in [0.4, 0.5) is 4.39 Å². The Hall–Kier alpha value is -1.60. The van der Waals surface area contributed by atoms with Crippen molar-refractivity contribution in [1.82, 2.24) is 5.32 Å². The van der Waals surface area contributed by atoms with Crippen LogP contribution in [0.5, 0.6) is 0 Å². The number of benzene rings is 2. The molecule has 0 atom stereocenters. The number of halogens is 4. The van der Waals surface area contributed by atoms with Gasteiger partial charge < -0.3 is 5.32 Å². The highest BCUT2D eigenvalue weighted by Gasteiger charge is 2.26. The van der Waals surface area contributed by atoms with Crippen LogP contribution in [-0.4, -0.2) is 14.3 Å². The van der Waals surface area contributed by atoms with E-state index >= 15 is 0 Å². The number of nitrogens with one attached hydrogen (secondary N) is 1. The Labute approximate surface area is 152 Å². The van der Waals surface area contributed by atoms with Crippen molar-refractivity contribution in [2.24, 2.45) is 0 Å². The molecule has 24 heavy (non-hydrogen) atoms. The monoisotopic (exact) mass is 407 g/mol. The summed E-state index contributed by atoms with van der Waals surface area (Å²) in [5.74, 6) is -1.38. The summed E-state index contributed by atoms with van der Waals surface area (Å²) in [7, 11) is -4.25. The van der Waals surface area contributed by atoms with E-state index in [1.165, 1.54) is 18.2 Å². The van der Waals surface area contributed by atoms with Crippen LogP contribution in [0.15, 0.2) is 62.9 Å². The number of hydrogen-bond acceptors (Lipinski definition) is 3. The molecule has 0 aliphatic carbocycles. The lowest BCUT2D eigenvalue weighted by Crippen LogP contribution is -2.28. The van der Waals surface area contributed by atoms with Gasteiger partial charge in [-0.25, -0.2) is 12.8 Å². The van der Waals surface area contributed by atoms with Crippen LogP contribution in [0.25, 0.3) is 0 Å². The molecule has 2 rings (SSSR count). The van der Waals surface area contributed by atoms with Gasteiger partial charge in [-0.15, -0.1) is 0 Å². The quantitative estimate of drug-likeness (QED) is 0.768. The third-order valence-electron chi connectivity index (χ3n) is 2.88. The Kier molecular flexibility index (Phi) is 5.87. The lowest BCUT2D eigenvalue weighted by atomic mass is 10.2. The molecule has 0 bridgehead atoms. The molecule has 9 heteroatoms. The maximum Gasteiger partial charge on any atom is 0.256 e. The van der Waals surface area contributed by atoms with E-state index in [1.807, 2.05) is 0 Å². The number of sulfone groups is 1. The molecule has 0 saturated heterocycles. The van der Waals surface area contributed by atoms with E-state index < -0.39 is 31.1 Å². The van der Waals surface area contributed by atoms with Crippen LogP contribution in [0.2, 0.25) is 5.02 Å². The van der Waals surface area contributed by atoms with E-state index in [4.69, 9.17) is 34.8 Å². The maximum atomic E-state index is 13.0. The fourth-order valence-corrected chi connectivity index (χ4v) is 3.81. The fourth-order valence-electron chi connectivity index (χ4n) is 1.75. The van der Waals surface area contributed by atoms with Crippen molar-refractivity contribution >= 4 is 50.5 Å². The van der Waals surface area contributed by atoms with Gasteiger partial charge in [0.2, 0.25) is 9.84 Å². The van der Waals surface area contributed by atoms with Crippen molar-refractivity contribution in [1.29, 1.82) is 0 Å². The number of carbonyl (C=O) groups is 1. The van der Waals surface area contributed by atoms with E-state index in [1.54, 1.807) is 6.07 Å². The minimum atomic E-state index is -4.25. The highest BCUT2D eigenvalue weighted by Crippen LogP contribution is 2.25. The summed E-state index contributed by atoms with van der Waals surface area (Å²) in [6.45, 7) is 0. The van der Waals surface area contributed by atoms with Gasteiger partial charge in [-0.05, 0) is 42.5 Å². The largest absolute Gasteiger partial charge is 0.310 e. The number of carbonyl (C=O) groups excluding carboxylic acids is 1. The second kappa shape index (κ2) is 7.53. The lowest BCUT2D eigenvalue weighted by molar-refractivity contribution is 0.0968. The second-order valence-electron chi connectivity index (χ2n) is 4.51. The number of amides is 1. The highest BCUT2D eigenvalue weighted by molar-refractivity contribution is 7.95. The van der Waals surface area contributed by atoms with Crippen molar-refractivity contribution in [3.63, 3.8) is 0 Å². The summed E-state index contributed by atoms with van der Waals surface area (Å²) >= 11 is 17.0. The normalized spacial score (nSPS) is 11.0. The van der Waals surface area contributed by atoms with Gasteiger partial charge in [0.1, 0.15) is 10.3 Å². The number of rotatable bonds is 4. The summed E-state index contributed by atoms with van der Waals surface area (Å²) in [4.78, 5) is 11.9. The van der Waals surface area contributed by atoms with Crippen LogP contribution in [0.3, 0.4) is 0 Å². The minimum Gasteiger partial charge on any atom is -0.310 e. The Morgan fingerprint density at radius 1 is 1.04 bits per heavy atom. The molecule has 0 spiro atoms. The third-order valence-corrected chi connectivity index (χ3v) is 5.45. The van der Waals surface area contributed by atoms with Crippen LogP contribution in [0.1, 0.15) is 10.4 Å². The van der Waals surface area contributed by atoms with Crippen LogP contribution < -0.4 is 5.32 Å². The van der Waals surface area contributed by atoms with E-state index in [2.05, 4.69) is 5.32 Å². The van der Waals surface area contributed by atoms with Crippen molar-refractivity contribution in [2.45, 2.75) is 4.90 Å². The average Bonchev–Trinajstić information content (AvgIpc) is 2.52. The first-order chi connectivity index (χ1) is 11.2. The fraction of sp³-hybridized carbons (Fsp3) is 0. The Bertz CT molecular complexity index is 908. The second-order valence-corrected chi connectivity index (χ2v) is 7.78. The summed E-state index contributed by atoms with van der Waals surface area (Å²) < 4.78 is 37.4. The first kappa shape index (κ1) is 18.7. The van der Waals surface area contributed by atoms with E-state index in [9.17, 15) is 17.6 Å². The molecule has 0 saturated carbocycles. The van der Waals surface area contributed by atoms with Crippen LogP contribution in [-0.2, 0) is 9.84 Å². The molecule has 0 aliphatic rings. The molecule has 4 nitrogen and oxygen atoms in total. The van der Waals surface area contributed by atoms with E-state index in [-0.39, 0.29) is 10.5 Å². The molecule has 0 aromatic heterocycles. The molecule has 1 amide bonds. The maximum absolute atomic E-state index is 13.0. The Morgan fingerprint density at radius 2 is 1.67 bits per heavy atom. The van der Waals surface area contributed by atoms with E-state index in [0.29, 0.717) is 5.02 Å². The third kappa shape index (κ3) is 4.27. The van der Waals surface area contributed by atoms with Gasteiger partial charge in [-0.1, -0.05) is 40.9 Å².